The quantitative estimate of drug-likeness (QED) is 0.736. The van der Waals surface area contributed by atoms with E-state index in [1.165, 1.54) is 51.4 Å². The smallest absolute Gasteiger partial charge is 0.344 e. The summed E-state index contributed by atoms with van der Waals surface area (Å²) in [5, 5.41) is 0. The molecule has 2 atom stereocenters. The SMILES string of the molecule is O=C(COc1ccccc1)O[C@H]1CCCC[C@H]1C1CCCCC1. The number of hydrogen-bond acceptors (Lipinski definition) is 3. The highest BCUT2D eigenvalue weighted by molar-refractivity contribution is 5.71. The zero-order valence-electron chi connectivity index (χ0n) is 13.9. The monoisotopic (exact) mass is 316 g/mol. The van der Waals surface area contributed by atoms with Gasteiger partial charge >= 0.3 is 5.97 Å². The Balaban J connectivity index is 1.50. The van der Waals surface area contributed by atoms with Crippen LogP contribution in [-0.2, 0) is 9.53 Å². The van der Waals surface area contributed by atoms with Crippen molar-refractivity contribution in [3.05, 3.63) is 30.3 Å². The summed E-state index contributed by atoms with van der Waals surface area (Å²) in [6.07, 6.45) is 11.5. The van der Waals surface area contributed by atoms with Crippen molar-refractivity contribution in [2.24, 2.45) is 11.8 Å². The molecule has 23 heavy (non-hydrogen) atoms. The molecule has 0 amide bonds. The van der Waals surface area contributed by atoms with Crippen molar-refractivity contribution in [1.82, 2.24) is 0 Å². The normalized spacial score (nSPS) is 25.7. The standard InChI is InChI=1S/C20H28O3/c21-20(15-22-17-11-5-2-6-12-17)23-19-14-8-7-13-18(19)16-9-3-1-4-10-16/h2,5-6,11-12,16,18-19H,1,3-4,7-10,13-15H2/t18-,19-/m0/s1. The van der Waals surface area contributed by atoms with Gasteiger partial charge in [-0.15, -0.1) is 0 Å². The van der Waals surface area contributed by atoms with E-state index in [1.54, 1.807) is 0 Å². The third kappa shape index (κ3) is 4.73. The Bertz CT molecular complexity index is 479. The van der Waals surface area contributed by atoms with Gasteiger partial charge in [-0.2, -0.15) is 0 Å². The Morgan fingerprint density at radius 1 is 0.913 bits per heavy atom. The van der Waals surface area contributed by atoms with Gasteiger partial charge in [-0.1, -0.05) is 56.7 Å². The molecular formula is C20H28O3. The molecule has 0 N–H and O–H groups in total. The van der Waals surface area contributed by atoms with Crippen LogP contribution in [0.2, 0.25) is 0 Å². The fraction of sp³-hybridized carbons (Fsp3) is 0.650. The lowest BCUT2D eigenvalue weighted by atomic mass is 9.72. The van der Waals surface area contributed by atoms with Crippen LogP contribution < -0.4 is 4.74 Å². The first-order valence-corrected chi connectivity index (χ1v) is 9.20. The minimum atomic E-state index is -0.221. The van der Waals surface area contributed by atoms with Gasteiger partial charge in [-0.3, -0.25) is 0 Å². The molecule has 0 aromatic heterocycles. The highest BCUT2D eigenvalue weighted by Gasteiger charge is 2.34. The van der Waals surface area contributed by atoms with E-state index >= 15 is 0 Å². The lowest BCUT2D eigenvalue weighted by Crippen LogP contribution is -2.36. The number of benzene rings is 1. The number of hydrogen-bond donors (Lipinski definition) is 0. The molecule has 3 heteroatoms. The highest BCUT2D eigenvalue weighted by Crippen LogP contribution is 2.39. The first kappa shape index (κ1) is 16.4. The van der Waals surface area contributed by atoms with Gasteiger partial charge in [0.15, 0.2) is 6.61 Å². The van der Waals surface area contributed by atoms with Crippen molar-refractivity contribution in [3.8, 4) is 5.75 Å². The van der Waals surface area contributed by atoms with Crippen LogP contribution in [0, 0.1) is 11.8 Å². The van der Waals surface area contributed by atoms with Gasteiger partial charge in [-0.25, -0.2) is 4.79 Å². The molecule has 2 aliphatic rings. The van der Waals surface area contributed by atoms with E-state index in [4.69, 9.17) is 9.47 Å². The molecule has 2 aliphatic carbocycles. The molecule has 2 saturated carbocycles. The van der Waals surface area contributed by atoms with Crippen LogP contribution in [-0.4, -0.2) is 18.7 Å². The Kier molecular flexibility index (Phi) is 5.95. The van der Waals surface area contributed by atoms with E-state index in [0.717, 1.165) is 18.1 Å². The summed E-state index contributed by atoms with van der Waals surface area (Å²) in [7, 11) is 0. The molecule has 2 fully saturated rings. The summed E-state index contributed by atoms with van der Waals surface area (Å²) in [6.45, 7) is 0.0118. The first-order chi connectivity index (χ1) is 11.3. The molecule has 0 heterocycles. The van der Waals surface area contributed by atoms with Gasteiger partial charge in [0.05, 0.1) is 0 Å². The van der Waals surface area contributed by atoms with Gasteiger partial charge in [0, 0.05) is 0 Å². The van der Waals surface area contributed by atoms with Crippen LogP contribution in [0.25, 0.3) is 0 Å². The maximum Gasteiger partial charge on any atom is 0.344 e. The molecule has 3 rings (SSSR count). The number of carbonyl (C=O) groups is 1. The molecule has 0 saturated heterocycles. The second-order valence-corrected chi connectivity index (χ2v) is 6.98. The van der Waals surface area contributed by atoms with Crippen LogP contribution in [0.5, 0.6) is 5.75 Å². The van der Waals surface area contributed by atoms with Crippen LogP contribution in [0.15, 0.2) is 30.3 Å². The summed E-state index contributed by atoms with van der Waals surface area (Å²) in [5.41, 5.74) is 0. The molecule has 0 radical (unpaired) electrons. The average Bonchev–Trinajstić information content (AvgIpc) is 2.62. The number of carbonyl (C=O) groups excluding carboxylic acids is 1. The number of ether oxygens (including phenoxy) is 2. The third-order valence-corrected chi connectivity index (χ3v) is 5.39. The largest absolute Gasteiger partial charge is 0.482 e. The van der Waals surface area contributed by atoms with E-state index in [1.807, 2.05) is 30.3 Å². The summed E-state index contributed by atoms with van der Waals surface area (Å²) >= 11 is 0. The van der Waals surface area contributed by atoms with Crippen molar-refractivity contribution in [2.75, 3.05) is 6.61 Å². The van der Waals surface area contributed by atoms with Crippen molar-refractivity contribution in [3.63, 3.8) is 0 Å². The Hall–Kier alpha value is -1.51. The van der Waals surface area contributed by atoms with Gasteiger partial charge in [0.25, 0.3) is 0 Å². The summed E-state index contributed by atoms with van der Waals surface area (Å²) in [6, 6.07) is 9.46. The van der Waals surface area contributed by atoms with E-state index in [2.05, 4.69) is 0 Å². The molecular weight excluding hydrogens is 288 g/mol. The van der Waals surface area contributed by atoms with Gasteiger partial charge in [-0.05, 0) is 43.2 Å². The molecule has 0 aliphatic heterocycles. The van der Waals surface area contributed by atoms with Crippen molar-refractivity contribution >= 4 is 5.97 Å². The topological polar surface area (TPSA) is 35.5 Å². The summed E-state index contributed by atoms with van der Waals surface area (Å²) < 4.78 is 11.3. The summed E-state index contributed by atoms with van der Waals surface area (Å²) in [4.78, 5) is 12.2. The summed E-state index contributed by atoms with van der Waals surface area (Å²) in [5.74, 6) is 1.83. The van der Waals surface area contributed by atoms with Gasteiger partial charge in [0.1, 0.15) is 11.9 Å². The molecule has 1 aromatic rings. The number of para-hydroxylation sites is 1. The van der Waals surface area contributed by atoms with Crippen LogP contribution in [0.3, 0.4) is 0 Å². The lowest BCUT2D eigenvalue weighted by Gasteiger charge is -2.38. The molecule has 0 spiro atoms. The van der Waals surface area contributed by atoms with Gasteiger partial charge < -0.3 is 9.47 Å². The predicted molar refractivity (Wildman–Crippen MR) is 90.4 cm³/mol. The van der Waals surface area contributed by atoms with Crippen molar-refractivity contribution < 1.29 is 14.3 Å². The maximum absolute atomic E-state index is 12.2. The zero-order valence-corrected chi connectivity index (χ0v) is 13.9. The van der Waals surface area contributed by atoms with Crippen molar-refractivity contribution in [2.45, 2.75) is 63.9 Å². The molecule has 0 bridgehead atoms. The highest BCUT2D eigenvalue weighted by atomic mass is 16.6. The molecule has 1 aromatic carbocycles. The predicted octanol–water partition coefficient (Wildman–Crippen LogP) is 4.75. The fourth-order valence-electron chi connectivity index (χ4n) is 4.24. The van der Waals surface area contributed by atoms with Crippen LogP contribution >= 0.6 is 0 Å². The zero-order chi connectivity index (χ0) is 15.9. The molecule has 0 unspecified atom stereocenters. The van der Waals surface area contributed by atoms with E-state index in [0.29, 0.717) is 5.92 Å². The molecule has 3 nitrogen and oxygen atoms in total. The Morgan fingerprint density at radius 3 is 2.39 bits per heavy atom. The Morgan fingerprint density at radius 2 is 1.61 bits per heavy atom. The fourth-order valence-corrected chi connectivity index (χ4v) is 4.24. The minimum Gasteiger partial charge on any atom is -0.482 e. The van der Waals surface area contributed by atoms with Crippen molar-refractivity contribution in [1.29, 1.82) is 0 Å². The van der Waals surface area contributed by atoms with E-state index < -0.39 is 0 Å². The van der Waals surface area contributed by atoms with Crippen LogP contribution in [0.4, 0.5) is 0 Å². The van der Waals surface area contributed by atoms with Crippen LogP contribution in [0.1, 0.15) is 57.8 Å². The lowest BCUT2D eigenvalue weighted by molar-refractivity contribution is -0.157. The molecule has 126 valence electrons. The third-order valence-electron chi connectivity index (χ3n) is 5.39. The second kappa shape index (κ2) is 8.37. The van der Waals surface area contributed by atoms with Gasteiger partial charge in [0.2, 0.25) is 0 Å². The minimum absolute atomic E-state index is 0.0118. The first-order valence-electron chi connectivity index (χ1n) is 9.20. The number of rotatable bonds is 5. The maximum atomic E-state index is 12.2. The van der Waals surface area contributed by atoms with E-state index in [9.17, 15) is 4.79 Å². The second-order valence-electron chi connectivity index (χ2n) is 6.98. The van der Waals surface area contributed by atoms with E-state index in [-0.39, 0.29) is 18.7 Å². The Labute approximate surface area is 139 Å². The average molecular weight is 316 g/mol. The number of esters is 1.